The van der Waals surface area contributed by atoms with Crippen LogP contribution >= 0.6 is 22.7 Å². The maximum absolute atomic E-state index is 12.7. The Morgan fingerprint density at radius 1 is 1.20 bits per heavy atom. The van der Waals surface area contributed by atoms with Crippen molar-refractivity contribution < 1.29 is 13.2 Å². The van der Waals surface area contributed by atoms with E-state index in [1.807, 2.05) is 5.38 Å². The highest BCUT2D eigenvalue weighted by Crippen LogP contribution is 2.30. The Labute approximate surface area is 153 Å². The van der Waals surface area contributed by atoms with Gasteiger partial charge in [0.25, 0.3) is 5.91 Å². The number of carbonyl (C=O) groups excluding carboxylic acids is 1. The maximum atomic E-state index is 12.7. The molecule has 2 aromatic heterocycles. The van der Waals surface area contributed by atoms with Gasteiger partial charge in [0.2, 0.25) is 10.0 Å². The van der Waals surface area contributed by atoms with E-state index in [0.29, 0.717) is 29.3 Å². The van der Waals surface area contributed by atoms with Crippen molar-refractivity contribution in [1.82, 2.24) is 9.29 Å². The van der Waals surface area contributed by atoms with E-state index in [1.54, 1.807) is 29.6 Å². The molecular formula is C16H15N3O3S3. The van der Waals surface area contributed by atoms with Gasteiger partial charge in [-0.25, -0.2) is 13.4 Å². The number of benzene rings is 1. The molecule has 1 fully saturated rings. The quantitative estimate of drug-likeness (QED) is 0.737. The minimum absolute atomic E-state index is 0.217. The number of nitrogens with zero attached hydrogens (tertiary/aromatic N) is 2. The highest BCUT2D eigenvalue weighted by atomic mass is 32.2. The summed E-state index contributed by atoms with van der Waals surface area (Å²) in [4.78, 5) is 16.8. The van der Waals surface area contributed by atoms with Crippen LogP contribution in [0.15, 0.2) is 39.9 Å². The standard InChI is InChI=1S/C16H15N3O3S3/c20-15(11-5-8-23-10-11)18-16-17-13-4-3-12(9-14(13)24-16)25(21,22)19-6-1-2-7-19/h3-5,8-10H,1-2,6-7H2,(H,17,18,20). The number of carbonyl (C=O) groups is 1. The first-order chi connectivity index (χ1) is 12.0. The molecule has 0 spiro atoms. The molecule has 0 aliphatic carbocycles. The lowest BCUT2D eigenvalue weighted by Crippen LogP contribution is -2.27. The Morgan fingerprint density at radius 3 is 2.72 bits per heavy atom. The highest BCUT2D eigenvalue weighted by molar-refractivity contribution is 7.89. The van der Waals surface area contributed by atoms with E-state index < -0.39 is 10.0 Å². The number of hydrogen-bond acceptors (Lipinski definition) is 6. The average molecular weight is 394 g/mol. The van der Waals surface area contributed by atoms with Gasteiger partial charge in [-0.05, 0) is 42.5 Å². The predicted octanol–water partition coefficient (Wildman–Crippen LogP) is 3.39. The first-order valence-corrected chi connectivity index (χ1v) is 11.0. The number of amides is 1. The molecule has 3 aromatic rings. The third kappa shape index (κ3) is 3.20. The van der Waals surface area contributed by atoms with Gasteiger partial charge in [-0.1, -0.05) is 11.3 Å². The first kappa shape index (κ1) is 16.6. The number of aromatic nitrogens is 1. The van der Waals surface area contributed by atoms with Crippen molar-refractivity contribution in [2.45, 2.75) is 17.7 Å². The van der Waals surface area contributed by atoms with E-state index in [1.165, 1.54) is 27.0 Å². The molecule has 1 N–H and O–H groups in total. The van der Waals surface area contributed by atoms with Gasteiger partial charge in [-0.2, -0.15) is 15.6 Å². The van der Waals surface area contributed by atoms with Gasteiger partial charge in [-0.3, -0.25) is 10.1 Å². The van der Waals surface area contributed by atoms with Crippen LogP contribution in [0.3, 0.4) is 0 Å². The summed E-state index contributed by atoms with van der Waals surface area (Å²) in [6.07, 6.45) is 1.81. The van der Waals surface area contributed by atoms with Crippen molar-refractivity contribution in [2.75, 3.05) is 18.4 Å². The van der Waals surface area contributed by atoms with E-state index in [0.717, 1.165) is 17.5 Å². The molecule has 0 unspecified atom stereocenters. The van der Waals surface area contributed by atoms with Gasteiger partial charge in [0.05, 0.1) is 20.7 Å². The van der Waals surface area contributed by atoms with Crippen molar-refractivity contribution in [2.24, 2.45) is 0 Å². The molecule has 0 radical (unpaired) electrons. The summed E-state index contributed by atoms with van der Waals surface area (Å²) >= 11 is 2.72. The summed E-state index contributed by atoms with van der Waals surface area (Å²) in [5.74, 6) is -0.217. The Kier molecular flexibility index (Phi) is 4.32. The number of anilines is 1. The second-order valence-corrected chi connectivity index (χ2v) is 9.47. The second-order valence-electron chi connectivity index (χ2n) is 5.73. The molecule has 0 bridgehead atoms. The third-order valence-electron chi connectivity index (χ3n) is 4.07. The first-order valence-electron chi connectivity index (χ1n) is 7.78. The van der Waals surface area contributed by atoms with E-state index in [-0.39, 0.29) is 10.8 Å². The average Bonchev–Trinajstić information content (AvgIpc) is 3.33. The predicted molar refractivity (Wildman–Crippen MR) is 99.9 cm³/mol. The molecule has 1 saturated heterocycles. The maximum Gasteiger partial charge on any atom is 0.258 e. The fourth-order valence-corrected chi connectivity index (χ4v) is 5.91. The van der Waals surface area contributed by atoms with Crippen LogP contribution in [0, 0.1) is 0 Å². The van der Waals surface area contributed by atoms with Crippen molar-refractivity contribution in [3.63, 3.8) is 0 Å². The monoisotopic (exact) mass is 393 g/mol. The molecular weight excluding hydrogens is 378 g/mol. The van der Waals surface area contributed by atoms with Crippen molar-refractivity contribution in [3.05, 3.63) is 40.6 Å². The number of sulfonamides is 1. The number of thiazole rings is 1. The van der Waals surface area contributed by atoms with Crippen LogP contribution in [0.25, 0.3) is 10.2 Å². The lowest BCUT2D eigenvalue weighted by atomic mass is 10.3. The number of rotatable bonds is 4. The summed E-state index contributed by atoms with van der Waals surface area (Å²) in [5, 5.41) is 6.83. The number of hydrogen-bond donors (Lipinski definition) is 1. The van der Waals surface area contributed by atoms with Crippen LogP contribution in [-0.2, 0) is 10.0 Å². The molecule has 9 heteroatoms. The fourth-order valence-electron chi connectivity index (χ4n) is 2.76. The van der Waals surface area contributed by atoms with Gasteiger partial charge in [0, 0.05) is 18.5 Å². The van der Waals surface area contributed by atoms with Crippen LogP contribution in [-0.4, -0.2) is 36.7 Å². The summed E-state index contributed by atoms with van der Waals surface area (Å²) in [6.45, 7) is 1.15. The van der Waals surface area contributed by atoms with E-state index in [9.17, 15) is 13.2 Å². The molecule has 4 rings (SSSR count). The summed E-state index contributed by atoms with van der Waals surface area (Å²) < 4.78 is 27.6. The summed E-state index contributed by atoms with van der Waals surface area (Å²) in [7, 11) is -3.45. The largest absolute Gasteiger partial charge is 0.298 e. The molecule has 6 nitrogen and oxygen atoms in total. The molecule has 25 heavy (non-hydrogen) atoms. The zero-order chi connectivity index (χ0) is 17.4. The minimum atomic E-state index is -3.45. The fraction of sp³-hybridized carbons (Fsp3) is 0.250. The lowest BCUT2D eigenvalue weighted by Gasteiger charge is -2.15. The molecule has 1 aliphatic rings. The van der Waals surface area contributed by atoms with Gasteiger partial charge in [0.15, 0.2) is 5.13 Å². The zero-order valence-corrected chi connectivity index (χ0v) is 15.6. The summed E-state index contributed by atoms with van der Waals surface area (Å²) in [5.41, 5.74) is 1.26. The van der Waals surface area contributed by atoms with Crippen LogP contribution in [0.4, 0.5) is 5.13 Å². The zero-order valence-electron chi connectivity index (χ0n) is 13.1. The number of fused-ring (bicyclic) bond motifs is 1. The molecule has 1 aliphatic heterocycles. The minimum Gasteiger partial charge on any atom is -0.298 e. The normalized spacial score (nSPS) is 15.7. The Morgan fingerprint density at radius 2 is 2.00 bits per heavy atom. The van der Waals surface area contributed by atoms with Crippen LogP contribution in [0.5, 0.6) is 0 Å². The second kappa shape index (κ2) is 6.49. The van der Waals surface area contributed by atoms with E-state index in [4.69, 9.17) is 0 Å². The molecule has 1 aromatic carbocycles. The van der Waals surface area contributed by atoms with Gasteiger partial charge in [-0.15, -0.1) is 0 Å². The SMILES string of the molecule is O=C(Nc1nc2ccc(S(=O)(=O)N3CCCC3)cc2s1)c1ccsc1. The molecule has 0 atom stereocenters. The highest BCUT2D eigenvalue weighted by Gasteiger charge is 2.27. The third-order valence-corrected chi connectivity index (χ3v) is 7.58. The molecule has 3 heterocycles. The molecule has 130 valence electrons. The lowest BCUT2D eigenvalue weighted by molar-refractivity contribution is 0.102. The van der Waals surface area contributed by atoms with Crippen LogP contribution in [0.1, 0.15) is 23.2 Å². The molecule has 1 amide bonds. The topological polar surface area (TPSA) is 79.4 Å². The number of thiophene rings is 1. The smallest absolute Gasteiger partial charge is 0.258 e. The van der Waals surface area contributed by atoms with Gasteiger partial charge in [0.1, 0.15) is 0 Å². The van der Waals surface area contributed by atoms with Gasteiger partial charge >= 0.3 is 0 Å². The Hall–Kier alpha value is -1.81. The van der Waals surface area contributed by atoms with Crippen molar-refractivity contribution in [1.29, 1.82) is 0 Å². The van der Waals surface area contributed by atoms with Crippen molar-refractivity contribution >= 4 is 54.0 Å². The Bertz CT molecular complexity index is 1020. The van der Waals surface area contributed by atoms with Crippen LogP contribution in [0.2, 0.25) is 0 Å². The molecule has 0 saturated carbocycles. The Balaban J connectivity index is 1.62. The van der Waals surface area contributed by atoms with E-state index >= 15 is 0 Å². The van der Waals surface area contributed by atoms with E-state index in [2.05, 4.69) is 10.3 Å². The van der Waals surface area contributed by atoms with Crippen molar-refractivity contribution in [3.8, 4) is 0 Å². The van der Waals surface area contributed by atoms with Gasteiger partial charge < -0.3 is 0 Å². The van der Waals surface area contributed by atoms with Crippen LogP contribution < -0.4 is 5.32 Å². The summed E-state index contributed by atoms with van der Waals surface area (Å²) in [6, 6.07) is 6.66. The number of nitrogens with one attached hydrogen (secondary N) is 1.